The molecule has 0 atom stereocenters. The van der Waals surface area contributed by atoms with Crippen LogP contribution in [0.4, 0.5) is 35.2 Å². The van der Waals surface area contributed by atoms with E-state index in [1.54, 1.807) is 24.3 Å². The van der Waals surface area contributed by atoms with E-state index in [0.717, 1.165) is 29.9 Å². The molecule has 1 saturated carbocycles. The number of hydrogen-bond acceptors (Lipinski definition) is 6. The van der Waals surface area contributed by atoms with Crippen molar-refractivity contribution < 1.29 is 32.2 Å². The van der Waals surface area contributed by atoms with Crippen LogP contribution in [-0.4, -0.2) is 48.1 Å². The van der Waals surface area contributed by atoms with Crippen LogP contribution in [0.1, 0.15) is 18.4 Å². The normalized spacial score (nSPS) is 15.8. The molecule has 2 fully saturated rings. The zero-order valence-corrected chi connectivity index (χ0v) is 20.9. The molecule has 1 aromatic heterocycles. The van der Waals surface area contributed by atoms with Crippen molar-refractivity contribution in [2.24, 2.45) is 11.7 Å². The van der Waals surface area contributed by atoms with Crippen molar-refractivity contribution in [3.05, 3.63) is 66.4 Å². The molecule has 3 N–H and O–H groups in total. The zero-order valence-electron chi connectivity index (χ0n) is 20.9. The number of nitrogens with zero attached hydrogens (tertiary/aromatic N) is 3. The number of amides is 3. The van der Waals surface area contributed by atoms with Crippen molar-refractivity contribution in [2.75, 3.05) is 30.4 Å². The third-order valence-electron chi connectivity index (χ3n) is 6.29. The highest BCUT2D eigenvalue weighted by Crippen LogP contribution is 2.38. The number of aromatic nitrogens is 1. The molecule has 9 nitrogen and oxygen atoms in total. The number of halogens is 3. The number of likely N-dealkylation sites (tertiary alicyclic amines) is 1. The van der Waals surface area contributed by atoms with Gasteiger partial charge in [-0.3, -0.25) is 14.6 Å². The van der Waals surface area contributed by atoms with Gasteiger partial charge in [-0.05, 0) is 62.4 Å². The fraction of sp³-hybridized carbons (Fsp3) is 0.296. The minimum absolute atomic E-state index is 0.00797. The van der Waals surface area contributed by atoms with E-state index in [1.165, 1.54) is 24.4 Å². The summed E-state index contributed by atoms with van der Waals surface area (Å²) in [6, 6.07) is 11.4. The summed E-state index contributed by atoms with van der Waals surface area (Å²) in [5.41, 5.74) is 4.78. The van der Waals surface area contributed by atoms with Crippen LogP contribution >= 0.6 is 0 Å². The van der Waals surface area contributed by atoms with Gasteiger partial charge in [0, 0.05) is 37.3 Å². The number of rotatable bonds is 8. The summed E-state index contributed by atoms with van der Waals surface area (Å²) in [6.45, 7) is 1.16. The van der Waals surface area contributed by atoms with Crippen molar-refractivity contribution in [3.63, 3.8) is 0 Å². The van der Waals surface area contributed by atoms with E-state index in [2.05, 4.69) is 10.3 Å². The Morgan fingerprint density at radius 3 is 2.33 bits per heavy atom. The molecular formula is C27H26F3N5O4. The lowest BCUT2D eigenvalue weighted by Crippen LogP contribution is -2.51. The van der Waals surface area contributed by atoms with Gasteiger partial charge in [-0.25, -0.2) is 9.78 Å². The van der Waals surface area contributed by atoms with E-state index >= 15 is 0 Å². The van der Waals surface area contributed by atoms with Gasteiger partial charge in [-0.1, -0.05) is 0 Å². The van der Waals surface area contributed by atoms with E-state index in [-0.39, 0.29) is 35.1 Å². The molecule has 0 radical (unpaired) electrons. The van der Waals surface area contributed by atoms with Gasteiger partial charge in [0.05, 0.1) is 16.9 Å². The summed E-state index contributed by atoms with van der Waals surface area (Å²) in [5.74, 6) is 1.09. The van der Waals surface area contributed by atoms with Gasteiger partial charge in [0.1, 0.15) is 29.2 Å². The zero-order chi connectivity index (χ0) is 27.7. The molecular weight excluding hydrogens is 515 g/mol. The number of carbonyl (C=O) groups is 2. The SMILES string of the molecule is CN1CC(Oc2cc(N(C(N)=O)c3ccc(Oc4ccnc(NC(=O)C5CC5)c4)cc3)cc(C(F)(F)F)c2)C1. The highest BCUT2D eigenvalue weighted by molar-refractivity contribution is 5.98. The standard InChI is InChI=1S/C27H26F3N5O4/c1-34-14-23(15-34)39-22-11-17(27(28,29)30)10-19(12-22)35(26(31)37)18-4-6-20(7-5-18)38-21-8-9-32-24(13-21)33-25(36)16-2-3-16/h4-13,16,23H,2-3,14-15H2,1H3,(H2,31,37)(H,32,33,36). The topological polar surface area (TPSA) is 110 Å². The molecule has 1 saturated heterocycles. The van der Waals surface area contributed by atoms with Crippen molar-refractivity contribution in [2.45, 2.75) is 25.1 Å². The maximum atomic E-state index is 13.7. The van der Waals surface area contributed by atoms with Crippen LogP contribution in [0.2, 0.25) is 0 Å². The van der Waals surface area contributed by atoms with Gasteiger partial charge in [-0.2, -0.15) is 13.2 Å². The molecule has 0 spiro atoms. The van der Waals surface area contributed by atoms with E-state index in [1.807, 2.05) is 11.9 Å². The van der Waals surface area contributed by atoms with Crippen molar-refractivity contribution in [1.82, 2.24) is 9.88 Å². The van der Waals surface area contributed by atoms with Gasteiger partial charge in [-0.15, -0.1) is 0 Å². The number of alkyl halides is 3. The molecule has 39 heavy (non-hydrogen) atoms. The first-order chi connectivity index (χ1) is 18.5. The van der Waals surface area contributed by atoms with Crippen molar-refractivity contribution in [1.29, 1.82) is 0 Å². The second-order valence-corrected chi connectivity index (χ2v) is 9.58. The molecule has 204 valence electrons. The van der Waals surface area contributed by atoms with E-state index in [0.29, 0.717) is 30.4 Å². The molecule has 2 aliphatic rings. The Hall–Kier alpha value is -4.32. The summed E-state index contributed by atoms with van der Waals surface area (Å²) in [5, 5.41) is 2.74. The number of urea groups is 1. The second-order valence-electron chi connectivity index (χ2n) is 9.58. The molecule has 2 heterocycles. The van der Waals surface area contributed by atoms with Crippen LogP contribution in [0.15, 0.2) is 60.8 Å². The smallest absolute Gasteiger partial charge is 0.416 e. The van der Waals surface area contributed by atoms with Gasteiger partial charge in [0.15, 0.2) is 0 Å². The quantitative estimate of drug-likeness (QED) is 0.408. The molecule has 5 rings (SSSR count). The molecule has 12 heteroatoms. The average Bonchev–Trinajstić information content (AvgIpc) is 3.70. The highest BCUT2D eigenvalue weighted by Gasteiger charge is 2.34. The Morgan fingerprint density at radius 2 is 1.72 bits per heavy atom. The third-order valence-corrected chi connectivity index (χ3v) is 6.29. The lowest BCUT2D eigenvalue weighted by atomic mass is 10.1. The molecule has 1 aliphatic heterocycles. The molecule has 3 amide bonds. The van der Waals surface area contributed by atoms with E-state index in [4.69, 9.17) is 15.2 Å². The minimum Gasteiger partial charge on any atom is -0.488 e. The van der Waals surface area contributed by atoms with Crippen LogP contribution in [0.5, 0.6) is 17.2 Å². The number of ether oxygens (including phenoxy) is 2. The number of hydrogen-bond donors (Lipinski definition) is 2. The maximum absolute atomic E-state index is 13.7. The van der Waals surface area contributed by atoms with Crippen LogP contribution < -0.4 is 25.4 Å². The summed E-state index contributed by atoms with van der Waals surface area (Å²) >= 11 is 0. The number of carbonyl (C=O) groups excluding carboxylic acids is 2. The minimum atomic E-state index is -4.66. The number of benzene rings is 2. The monoisotopic (exact) mass is 541 g/mol. The fourth-order valence-corrected chi connectivity index (χ4v) is 4.17. The van der Waals surface area contributed by atoms with Crippen molar-refractivity contribution >= 4 is 29.1 Å². The first-order valence-electron chi connectivity index (χ1n) is 12.3. The lowest BCUT2D eigenvalue weighted by molar-refractivity contribution is -0.137. The van der Waals surface area contributed by atoms with Crippen LogP contribution in [0, 0.1) is 5.92 Å². The van der Waals surface area contributed by atoms with Crippen LogP contribution in [0.3, 0.4) is 0 Å². The summed E-state index contributed by atoms with van der Waals surface area (Å²) in [7, 11) is 1.88. The molecule has 1 aliphatic carbocycles. The number of primary amides is 1. The summed E-state index contributed by atoms with van der Waals surface area (Å²) in [6.07, 6.45) is -1.68. The Balaban J connectivity index is 1.36. The first kappa shape index (κ1) is 26.3. The molecule has 0 unspecified atom stereocenters. The molecule has 0 bridgehead atoms. The van der Waals surface area contributed by atoms with Gasteiger partial charge in [0.25, 0.3) is 0 Å². The molecule has 3 aromatic rings. The highest BCUT2D eigenvalue weighted by atomic mass is 19.4. The number of pyridine rings is 1. The van der Waals surface area contributed by atoms with Crippen molar-refractivity contribution in [3.8, 4) is 17.2 Å². The predicted octanol–water partition coefficient (Wildman–Crippen LogP) is 5.15. The largest absolute Gasteiger partial charge is 0.488 e. The Bertz CT molecular complexity index is 1370. The Labute approximate surface area is 222 Å². The first-order valence-corrected chi connectivity index (χ1v) is 12.3. The summed E-state index contributed by atoms with van der Waals surface area (Å²) in [4.78, 5) is 31.5. The van der Waals surface area contributed by atoms with Gasteiger partial charge < -0.3 is 20.5 Å². The third kappa shape index (κ3) is 6.40. The van der Waals surface area contributed by atoms with E-state index in [9.17, 15) is 22.8 Å². The second kappa shape index (κ2) is 10.4. The number of likely N-dealkylation sites (N-methyl/N-ethyl adjacent to an activating group) is 1. The fourth-order valence-electron chi connectivity index (χ4n) is 4.17. The van der Waals surface area contributed by atoms with E-state index < -0.39 is 17.8 Å². The van der Waals surface area contributed by atoms with Crippen LogP contribution in [-0.2, 0) is 11.0 Å². The van der Waals surface area contributed by atoms with Gasteiger partial charge in [0.2, 0.25) is 5.91 Å². The maximum Gasteiger partial charge on any atom is 0.416 e. The number of nitrogens with one attached hydrogen (secondary N) is 1. The lowest BCUT2D eigenvalue weighted by Gasteiger charge is -2.36. The molecule has 2 aromatic carbocycles. The summed E-state index contributed by atoms with van der Waals surface area (Å²) < 4.78 is 52.6. The number of nitrogens with two attached hydrogens (primary N) is 1. The predicted molar refractivity (Wildman–Crippen MR) is 137 cm³/mol. The number of anilines is 3. The van der Waals surface area contributed by atoms with Gasteiger partial charge >= 0.3 is 12.2 Å². The Morgan fingerprint density at radius 1 is 1.00 bits per heavy atom. The average molecular weight is 542 g/mol. The van der Waals surface area contributed by atoms with Crippen LogP contribution in [0.25, 0.3) is 0 Å². The Kier molecular flexibility index (Phi) is 7.04.